The molecule has 0 amide bonds. The SMILES string of the molecule is Cl.Fc1ccc(Cl)c([C@@H](N2CCNCC2)C(F)(F)F)c1. The van der Waals surface area contributed by atoms with Crippen LogP contribution in [0.25, 0.3) is 0 Å². The van der Waals surface area contributed by atoms with Crippen molar-refractivity contribution in [1.82, 2.24) is 10.2 Å². The van der Waals surface area contributed by atoms with Crippen molar-refractivity contribution in [3.8, 4) is 0 Å². The highest BCUT2D eigenvalue weighted by Gasteiger charge is 2.45. The van der Waals surface area contributed by atoms with E-state index in [9.17, 15) is 17.6 Å². The standard InChI is InChI=1S/C12H13ClF4N2.ClH/c13-10-2-1-8(14)7-9(10)11(12(15,16)17)19-5-3-18-4-6-19;/h1-2,7,11,18H,3-6H2;1H/t11-;/m1./s1. The van der Waals surface area contributed by atoms with Gasteiger partial charge in [0, 0.05) is 31.2 Å². The van der Waals surface area contributed by atoms with Gasteiger partial charge in [0.05, 0.1) is 0 Å². The molecule has 20 heavy (non-hydrogen) atoms. The Kier molecular flexibility index (Phi) is 6.06. The highest BCUT2D eigenvalue weighted by Crippen LogP contribution is 2.40. The summed E-state index contributed by atoms with van der Waals surface area (Å²) < 4.78 is 53.0. The third-order valence-electron chi connectivity index (χ3n) is 3.08. The van der Waals surface area contributed by atoms with E-state index in [2.05, 4.69) is 5.32 Å². The Balaban J connectivity index is 0.00000200. The van der Waals surface area contributed by atoms with Crippen molar-refractivity contribution in [2.24, 2.45) is 0 Å². The zero-order valence-electron chi connectivity index (χ0n) is 10.4. The van der Waals surface area contributed by atoms with Gasteiger partial charge in [0.2, 0.25) is 0 Å². The number of nitrogens with zero attached hydrogens (tertiary/aromatic N) is 1. The van der Waals surface area contributed by atoms with Crippen LogP contribution in [-0.4, -0.2) is 37.3 Å². The normalized spacial score (nSPS) is 18.4. The number of benzene rings is 1. The average molecular weight is 333 g/mol. The van der Waals surface area contributed by atoms with Crippen molar-refractivity contribution in [2.45, 2.75) is 12.2 Å². The van der Waals surface area contributed by atoms with Gasteiger partial charge in [-0.3, -0.25) is 4.90 Å². The van der Waals surface area contributed by atoms with Crippen molar-refractivity contribution in [3.05, 3.63) is 34.6 Å². The van der Waals surface area contributed by atoms with Crippen LogP contribution < -0.4 is 5.32 Å². The van der Waals surface area contributed by atoms with Gasteiger partial charge >= 0.3 is 6.18 Å². The van der Waals surface area contributed by atoms with Crippen LogP contribution in [0.4, 0.5) is 17.6 Å². The van der Waals surface area contributed by atoms with Crippen LogP contribution in [-0.2, 0) is 0 Å². The number of hydrogen-bond donors (Lipinski definition) is 1. The van der Waals surface area contributed by atoms with Gasteiger partial charge in [0.15, 0.2) is 0 Å². The molecule has 2 rings (SSSR count). The van der Waals surface area contributed by atoms with E-state index in [4.69, 9.17) is 11.6 Å². The van der Waals surface area contributed by atoms with E-state index in [1.807, 2.05) is 0 Å². The van der Waals surface area contributed by atoms with Crippen LogP contribution in [0, 0.1) is 5.82 Å². The molecule has 0 bridgehead atoms. The van der Waals surface area contributed by atoms with Gasteiger partial charge in [0.1, 0.15) is 11.9 Å². The molecule has 1 aliphatic heterocycles. The van der Waals surface area contributed by atoms with Crippen molar-refractivity contribution in [2.75, 3.05) is 26.2 Å². The number of rotatable bonds is 2. The smallest absolute Gasteiger partial charge is 0.314 e. The molecule has 1 saturated heterocycles. The van der Waals surface area contributed by atoms with E-state index in [-0.39, 0.29) is 36.1 Å². The maximum Gasteiger partial charge on any atom is 0.408 e. The van der Waals surface area contributed by atoms with Gasteiger partial charge in [-0.15, -0.1) is 12.4 Å². The molecule has 1 N–H and O–H groups in total. The van der Waals surface area contributed by atoms with Gasteiger partial charge in [-0.05, 0) is 23.8 Å². The van der Waals surface area contributed by atoms with Gasteiger partial charge in [0.25, 0.3) is 0 Å². The van der Waals surface area contributed by atoms with E-state index < -0.39 is 18.0 Å². The Labute approximate surface area is 125 Å². The lowest BCUT2D eigenvalue weighted by atomic mass is 10.0. The summed E-state index contributed by atoms with van der Waals surface area (Å²) in [6, 6.07) is 1.21. The van der Waals surface area contributed by atoms with Gasteiger partial charge in [-0.2, -0.15) is 13.2 Å². The minimum absolute atomic E-state index is 0. The third-order valence-corrected chi connectivity index (χ3v) is 3.42. The largest absolute Gasteiger partial charge is 0.408 e. The van der Waals surface area contributed by atoms with Crippen LogP contribution in [0.3, 0.4) is 0 Å². The zero-order valence-corrected chi connectivity index (χ0v) is 12.0. The molecule has 0 spiro atoms. The van der Waals surface area contributed by atoms with Gasteiger partial charge in [-0.25, -0.2) is 4.39 Å². The maximum atomic E-state index is 13.3. The Bertz CT molecular complexity index is 448. The summed E-state index contributed by atoms with van der Waals surface area (Å²) in [5.74, 6) is -0.719. The fraction of sp³-hybridized carbons (Fsp3) is 0.500. The highest BCUT2D eigenvalue weighted by molar-refractivity contribution is 6.31. The summed E-state index contributed by atoms with van der Waals surface area (Å²) in [4.78, 5) is 1.27. The van der Waals surface area contributed by atoms with Crippen molar-refractivity contribution < 1.29 is 17.6 Å². The Morgan fingerprint density at radius 1 is 1.20 bits per heavy atom. The predicted molar refractivity (Wildman–Crippen MR) is 71.9 cm³/mol. The second-order valence-electron chi connectivity index (χ2n) is 4.40. The molecule has 0 radical (unpaired) electrons. The number of alkyl halides is 3. The number of halogens is 6. The molecule has 1 aromatic rings. The van der Waals surface area contributed by atoms with E-state index in [0.29, 0.717) is 13.1 Å². The summed E-state index contributed by atoms with van der Waals surface area (Å²) >= 11 is 5.81. The van der Waals surface area contributed by atoms with Crippen LogP contribution >= 0.6 is 24.0 Å². The van der Waals surface area contributed by atoms with E-state index in [0.717, 1.165) is 18.2 Å². The number of piperazine rings is 1. The Morgan fingerprint density at radius 2 is 1.80 bits per heavy atom. The lowest BCUT2D eigenvalue weighted by molar-refractivity contribution is -0.187. The van der Waals surface area contributed by atoms with Crippen molar-refractivity contribution in [1.29, 1.82) is 0 Å². The van der Waals surface area contributed by atoms with Crippen molar-refractivity contribution in [3.63, 3.8) is 0 Å². The third kappa shape index (κ3) is 3.97. The first-order valence-corrected chi connectivity index (χ1v) is 6.24. The summed E-state index contributed by atoms with van der Waals surface area (Å²) in [7, 11) is 0. The van der Waals surface area contributed by atoms with Crippen molar-refractivity contribution >= 4 is 24.0 Å². The molecule has 8 heteroatoms. The second kappa shape index (κ2) is 6.93. The molecule has 0 saturated carbocycles. The first-order chi connectivity index (χ1) is 8.89. The monoisotopic (exact) mass is 332 g/mol. The Morgan fingerprint density at radius 3 is 2.35 bits per heavy atom. The van der Waals surface area contributed by atoms with Crippen LogP contribution in [0.1, 0.15) is 11.6 Å². The molecule has 1 heterocycles. The molecule has 0 aliphatic carbocycles. The van der Waals surface area contributed by atoms with E-state index in [1.54, 1.807) is 0 Å². The van der Waals surface area contributed by atoms with Gasteiger partial charge < -0.3 is 5.32 Å². The fourth-order valence-electron chi connectivity index (χ4n) is 2.24. The van der Waals surface area contributed by atoms with E-state index >= 15 is 0 Å². The first-order valence-electron chi connectivity index (χ1n) is 5.86. The van der Waals surface area contributed by atoms with Crippen LogP contribution in [0.2, 0.25) is 5.02 Å². The summed E-state index contributed by atoms with van der Waals surface area (Å²) in [6.45, 7) is 1.44. The molecular formula is C12H14Cl2F4N2. The Hall–Kier alpha value is -0.560. The van der Waals surface area contributed by atoms with E-state index in [1.165, 1.54) is 4.90 Å². The summed E-state index contributed by atoms with van der Waals surface area (Å²) in [5, 5.41) is 2.92. The molecule has 0 aromatic heterocycles. The maximum absolute atomic E-state index is 13.3. The highest BCUT2D eigenvalue weighted by atomic mass is 35.5. The fourth-order valence-corrected chi connectivity index (χ4v) is 2.47. The molecule has 0 unspecified atom stereocenters. The molecule has 2 nitrogen and oxygen atoms in total. The molecular weight excluding hydrogens is 319 g/mol. The zero-order chi connectivity index (χ0) is 14.0. The second-order valence-corrected chi connectivity index (χ2v) is 4.80. The van der Waals surface area contributed by atoms with Crippen LogP contribution in [0.5, 0.6) is 0 Å². The van der Waals surface area contributed by atoms with Crippen LogP contribution in [0.15, 0.2) is 18.2 Å². The predicted octanol–water partition coefficient (Wildman–Crippen LogP) is 3.41. The molecule has 1 aliphatic rings. The van der Waals surface area contributed by atoms with Gasteiger partial charge in [-0.1, -0.05) is 11.6 Å². The summed E-state index contributed by atoms with van der Waals surface area (Å²) in [5.41, 5.74) is -0.226. The molecule has 114 valence electrons. The molecule has 1 atom stereocenters. The quantitative estimate of drug-likeness (QED) is 0.835. The number of hydrogen-bond acceptors (Lipinski definition) is 2. The minimum atomic E-state index is -4.49. The lowest BCUT2D eigenvalue weighted by Gasteiger charge is -2.36. The topological polar surface area (TPSA) is 15.3 Å². The summed E-state index contributed by atoms with van der Waals surface area (Å²) in [6.07, 6.45) is -4.49. The number of nitrogens with one attached hydrogen (secondary N) is 1. The minimum Gasteiger partial charge on any atom is -0.314 e. The average Bonchev–Trinajstić information content (AvgIpc) is 2.33. The molecule has 1 aromatic carbocycles. The first kappa shape index (κ1) is 17.5. The lowest BCUT2D eigenvalue weighted by Crippen LogP contribution is -2.49. The molecule has 1 fully saturated rings.